The van der Waals surface area contributed by atoms with Crippen LogP contribution in [0.1, 0.15) is 42.4 Å². The zero-order valence-electron chi connectivity index (χ0n) is 13.2. The van der Waals surface area contributed by atoms with Crippen LogP contribution in [0, 0.1) is 0 Å². The van der Waals surface area contributed by atoms with Gasteiger partial charge in [-0.05, 0) is 30.5 Å². The third-order valence-electron chi connectivity index (χ3n) is 3.88. The lowest BCUT2D eigenvalue weighted by atomic mass is 9.95. The van der Waals surface area contributed by atoms with Gasteiger partial charge in [-0.3, -0.25) is 9.59 Å². The van der Waals surface area contributed by atoms with Crippen molar-refractivity contribution in [2.24, 2.45) is 0 Å². The summed E-state index contributed by atoms with van der Waals surface area (Å²) in [7, 11) is 0. The standard InChI is InChI=1S/C19H20O4/c1-13(18(20)21)16-8-10-17(11-9-16)14(2)19(22)23-12-15-6-4-3-5-7-15/h3-11,13-14H,12H2,1-2H3,(H,20,21). The van der Waals surface area contributed by atoms with Gasteiger partial charge in [0.1, 0.15) is 6.61 Å². The number of benzene rings is 2. The van der Waals surface area contributed by atoms with Gasteiger partial charge in [-0.25, -0.2) is 0 Å². The van der Waals surface area contributed by atoms with E-state index in [1.807, 2.05) is 30.3 Å². The van der Waals surface area contributed by atoms with E-state index < -0.39 is 17.8 Å². The number of rotatable bonds is 6. The summed E-state index contributed by atoms with van der Waals surface area (Å²) >= 11 is 0. The van der Waals surface area contributed by atoms with Gasteiger partial charge in [0.15, 0.2) is 0 Å². The van der Waals surface area contributed by atoms with E-state index in [0.29, 0.717) is 5.56 Å². The minimum absolute atomic E-state index is 0.248. The number of ether oxygens (including phenoxy) is 1. The molecule has 0 aliphatic heterocycles. The smallest absolute Gasteiger partial charge is 0.313 e. The highest BCUT2D eigenvalue weighted by atomic mass is 16.5. The minimum Gasteiger partial charge on any atom is -0.481 e. The Morgan fingerprint density at radius 2 is 1.43 bits per heavy atom. The first-order chi connectivity index (χ1) is 11.0. The van der Waals surface area contributed by atoms with E-state index in [9.17, 15) is 9.59 Å². The van der Waals surface area contributed by atoms with Crippen LogP contribution < -0.4 is 0 Å². The van der Waals surface area contributed by atoms with Gasteiger partial charge in [-0.2, -0.15) is 0 Å². The molecule has 120 valence electrons. The normalized spacial score (nSPS) is 13.1. The zero-order valence-corrected chi connectivity index (χ0v) is 13.2. The van der Waals surface area contributed by atoms with Crippen LogP contribution in [-0.4, -0.2) is 17.0 Å². The van der Waals surface area contributed by atoms with Gasteiger partial charge < -0.3 is 9.84 Å². The van der Waals surface area contributed by atoms with E-state index >= 15 is 0 Å². The molecule has 0 spiro atoms. The first kappa shape index (κ1) is 16.7. The summed E-state index contributed by atoms with van der Waals surface area (Å²) in [4.78, 5) is 23.1. The molecule has 2 unspecified atom stereocenters. The molecule has 4 nitrogen and oxygen atoms in total. The van der Waals surface area contributed by atoms with E-state index in [-0.39, 0.29) is 12.6 Å². The summed E-state index contributed by atoms with van der Waals surface area (Å²) in [6.07, 6.45) is 0. The first-order valence-corrected chi connectivity index (χ1v) is 7.52. The lowest BCUT2D eigenvalue weighted by Gasteiger charge is -2.13. The van der Waals surface area contributed by atoms with Gasteiger partial charge in [0.05, 0.1) is 11.8 Å². The molecule has 0 heterocycles. The molecule has 2 aromatic rings. The van der Waals surface area contributed by atoms with E-state index in [2.05, 4.69) is 0 Å². The van der Waals surface area contributed by atoms with Gasteiger partial charge in [-0.15, -0.1) is 0 Å². The second-order valence-corrected chi connectivity index (χ2v) is 5.54. The largest absolute Gasteiger partial charge is 0.481 e. The molecule has 4 heteroatoms. The van der Waals surface area contributed by atoms with Crippen molar-refractivity contribution in [3.63, 3.8) is 0 Å². The molecule has 2 rings (SSSR count). The molecule has 23 heavy (non-hydrogen) atoms. The van der Waals surface area contributed by atoms with Crippen molar-refractivity contribution < 1.29 is 19.4 Å². The Morgan fingerprint density at radius 3 is 1.96 bits per heavy atom. The van der Waals surface area contributed by atoms with Crippen LogP contribution in [0.25, 0.3) is 0 Å². The van der Waals surface area contributed by atoms with Crippen LogP contribution in [0.2, 0.25) is 0 Å². The number of hydrogen-bond donors (Lipinski definition) is 1. The first-order valence-electron chi connectivity index (χ1n) is 7.52. The highest BCUT2D eigenvalue weighted by molar-refractivity contribution is 5.78. The van der Waals surface area contributed by atoms with E-state index in [1.165, 1.54) is 0 Å². The number of hydrogen-bond acceptors (Lipinski definition) is 3. The molecule has 2 atom stereocenters. The molecule has 0 aromatic heterocycles. The highest BCUT2D eigenvalue weighted by Crippen LogP contribution is 2.22. The molecule has 0 saturated heterocycles. The monoisotopic (exact) mass is 312 g/mol. The molecule has 0 aliphatic carbocycles. The number of aliphatic carboxylic acids is 1. The fourth-order valence-corrected chi connectivity index (χ4v) is 2.21. The van der Waals surface area contributed by atoms with E-state index in [1.54, 1.807) is 38.1 Å². The second kappa shape index (κ2) is 7.58. The van der Waals surface area contributed by atoms with E-state index in [4.69, 9.17) is 9.84 Å². The third kappa shape index (κ3) is 4.42. The van der Waals surface area contributed by atoms with Gasteiger partial charge in [0, 0.05) is 0 Å². The Kier molecular flexibility index (Phi) is 5.52. The lowest BCUT2D eigenvalue weighted by molar-refractivity contribution is -0.146. The number of carboxylic acids is 1. The minimum atomic E-state index is -0.868. The number of esters is 1. The Morgan fingerprint density at radius 1 is 0.913 bits per heavy atom. The van der Waals surface area contributed by atoms with Crippen molar-refractivity contribution in [2.45, 2.75) is 32.3 Å². The Labute approximate surface area is 135 Å². The van der Waals surface area contributed by atoms with Crippen LogP contribution >= 0.6 is 0 Å². The lowest BCUT2D eigenvalue weighted by Crippen LogP contribution is -2.13. The molecule has 0 amide bonds. The molecule has 2 aromatic carbocycles. The number of carbonyl (C=O) groups excluding carboxylic acids is 1. The average molecular weight is 312 g/mol. The molecule has 0 fully saturated rings. The van der Waals surface area contributed by atoms with Crippen molar-refractivity contribution in [1.29, 1.82) is 0 Å². The maximum absolute atomic E-state index is 12.1. The molecular formula is C19H20O4. The summed E-state index contributed by atoms with van der Waals surface area (Å²) in [6, 6.07) is 16.6. The molecular weight excluding hydrogens is 292 g/mol. The highest BCUT2D eigenvalue weighted by Gasteiger charge is 2.18. The topological polar surface area (TPSA) is 63.6 Å². The van der Waals surface area contributed by atoms with Crippen LogP contribution in [-0.2, 0) is 20.9 Å². The van der Waals surface area contributed by atoms with Gasteiger partial charge in [0.25, 0.3) is 0 Å². The van der Waals surface area contributed by atoms with Crippen molar-refractivity contribution in [1.82, 2.24) is 0 Å². The Balaban J connectivity index is 1.98. The van der Waals surface area contributed by atoms with Crippen LogP contribution in [0.4, 0.5) is 0 Å². The van der Waals surface area contributed by atoms with Crippen molar-refractivity contribution in [2.75, 3.05) is 0 Å². The fourth-order valence-electron chi connectivity index (χ4n) is 2.21. The van der Waals surface area contributed by atoms with Gasteiger partial charge >= 0.3 is 11.9 Å². The fraction of sp³-hybridized carbons (Fsp3) is 0.263. The van der Waals surface area contributed by atoms with Crippen molar-refractivity contribution in [3.05, 3.63) is 71.3 Å². The maximum atomic E-state index is 12.1. The van der Waals surface area contributed by atoms with Crippen LogP contribution in [0.5, 0.6) is 0 Å². The SMILES string of the molecule is CC(C(=O)O)c1ccc(C(C)C(=O)OCc2ccccc2)cc1. The summed E-state index contributed by atoms with van der Waals surface area (Å²) < 4.78 is 5.33. The molecule has 0 saturated carbocycles. The molecule has 1 N–H and O–H groups in total. The van der Waals surface area contributed by atoms with Gasteiger partial charge in [-0.1, -0.05) is 54.6 Å². The predicted molar refractivity (Wildman–Crippen MR) is 87.1 cm³/mol. The molecule has 0 radical (unpaired) electrons. The zero-order chi connectivity index (χ0) is 16.8. The molecule has 0 bridgehead atoms. The number of carboxylic acid groups (broad SMARTS) is 1. The summed E-state index contributed by atoms with van der Waals surface area (Å²) in [5.41, 5.74) is 2.47. The van der Waals surface area contributed by atoms with Crippen LogP contribution in [0.3, 0.4) is 0 Å². The third-order valence-corrected chi connectivity index (χ3v) is 3.88. The Hall–Kier alpha value is -2.62. The average Bonchev–Trinajstić information content (AvgIpc) is 2.59. The number of carbonyl (C=O) groups is 2. The van der Waals surface area contributed by atoms with Crippen LogP contribution in [0.15, 0.2) is 54.6 Å². The van der Waals surface area contributed by atoms with Crippen molar-refractivity contribution >= 4 is 11.9 Å². The molecule has 0 aliphatic rings. The quantitative estimate of drug-likeness (QED) is 0.826. The van der Waals surface area contributed by atoms with E-state index in [0.717, 1.165) is 11.1 Å². The summed E-state index contributed by atoms with van der Waals surface area (Å²) in [6.45, 7) is 3.66. The predicted octanol–water partition coefficient (Wildman–Crippen LogP) is 3.72. The second-order valence-electron chi connectivity index (χ2n) is 5.54. The maximum Gasteiger partial charge on any atom is 0.313 e. The summed E-state index contributed by atoms with van der Waals surface area (Å²) in [5, 5.41) is 9.01. The Bertz CT molecular complexity index is 662. The summed E-state index contributed by atoms with van der Waals surface area (Å²) in [5.74, 6) is -2.13. The van der Waals surface area contributed by atoms with Gasteiger partial charge in [0.2, 0.25) is 0 Å². The van der Waals surface area contributed by atoms with Crippen molar-refractivity contribution in [3.8, 4) is 0 Å².